The first-order valence-electron chi connectivity index (χ1n) is 9.02. The lowest BCUT2D eigenvalue weighted by Gasteiger charge is -2.31. The molecule has 3 rings (SSSR count). The summed E-state index contributed by atoms with van der Waals surface area (Å²) in [7, 11) is -3.78. The molecular formula is C20H22ClFN2O3S. The lowest BCUT2D eigenvalue weighted by atomic mass is 9.98. The van der Waals surface area contributed by atoms with E-state index in [1.165, 1.54) is 16.4 Å². The van der Waals surface area contributed by atoms with E-state index in [2.05, 4.69) is 5.32 Å². The van der Waals surface area contributed by atoms with E-state index in [9.17, 15) is 17.6 Å². The Bertz CT molecular complexity index is 970. The normalized spacial score (nSPS) is 18.1. The van der Waals surface area contributed by atoms with Gasteiger partial charge in [-0.05, 0) is 68.1 Å². The maximum atomic E-state index is 13.1. The van der Waals surface area contributed by atoms with Crippen LogP contribution in [-0.4, -0.2) is 31.7 Å². The van der Waals surface area contributed by atoms with Crippen molar-refractivity contribution in [1.29, 1.82) is 0 Å². The van der Waals surface area contributed by atoms with Gasteiger partial charge in [0.25, 0.3) is 0 Å². The van der Waals surface area contributed by atoms with Crippen molar-refractivity contribution in [2.45, 2.75) is 31.6 Å². The van der Waals surface area contributed by atoms with E-state index in [-0.39, 0.29) is 17.3 Å². The molecule has 1 heterocycles. The number of nitrogens with zero attached hydrogens (tertiary/aromatic N) is 1. The van der Waals surface area contributed by atoms with Crippen LogP contribution in [0, 0.1) is 25.6 Å². The molecule has 2 aromatic carbocycles. The first-order chi connectivity index (χ1) is 13.2. The summed E-state index contributed by atoms with van der Waals surface area (Å²) < 4.78 is 40.0. The third-order valence-corrected chi connectivity index (χ3v) is 7.06. The standard InChI is InChI=1S/C20H22ClFN2O3S/c1-13-10-14(2)19(18(21)11-13)23-20(25)15-4-3-9-24(12-15)28(26,27)17-7-5-16(22)6-8-17/h5-8,10-11,15H,3-4,9,12H2,1-2H3,(H,23,25). The quantitative estimate of drug-likeness (QED) is 0.802. The summed E-state index contributed by atoms with van der Waals surface area (Å²) in [5, 5.41) is 3.31. The van der Waals surface area contributed by atoms with Gasteiger partial charge in [0, 0.05) is 13.1 Å². The fraction of sp³-hybridized carbons (Fsp3) is 0.350. The van der Waals surface area contributed by atoms with Crippen LogP contribution in [0.15, 0.2) is 41.3 Å². The minimum absolute atomic E-state index is 0.0207. The molecule has 1 aliphatic rings. The zero-order chi connectivity index (χ0) is 20.5. The predicted octanol–water partition coefficient (Wildman–Crippen LogP) is 4.14. The van der Waals surface area contributed by atoms with Gasteiger partial charge in [-0.3, -0.25) is 4.79 Å². The Labute approximate surface area is 169 Å². The van der Waals surface area contributed by atoms with Crippen LogP contribution >= 0.6 is 11.6 Å². The number of anilines is 1. The van der Waals surface area contributed by atoms with E-state index in [1.54, 1.807) is 6.07 Å². The molecule has 2 aromatic rings. The predicted molar refractivity (Wildman–Crippen MR) is 107 cm³/mol. The number of carbonyl (C=O) groups is 1. The highest BCUT2D eigenvalue weighted by Gasteiger charge is 2.33. The summed E-state index contributed by atoms with van der Waals surface area (Å²) >= 11 is 6.26. The Morgan fingerprint density at radius 3 is 2.54 bits per heavy atom. The number of nitrogens with one attached hydrogen (secondary N) is 1. The third-order valence-electron chi connectivity index (χ3n) is 4.89. The van der Waals surface area contributed by atoms with Gasteiger partial charge in [0.15, 0.2) is 0 Å². The number of amides is 1. The molecular weight excluding hydrogens is 403 g/mol. The zero-order valence-corrected chi connectivity index (χ0v) is 17.3. The molecule has 0 bridgehead atoms. The van der Waals surface area contributed by atoms with Gasteiger partial charge in [0.2, 0.25) is 15.9 Å². The van der Waals surface area contributed by atoms with Crippen LogP contribution in [0.4, 0.5) is 10.1 Å². The van der Waals surface area contributed by atoms with Crippen LogP contribution < -0.4 is 5.32 Å². The Morgan fingerprint density at radius 1 is 1.21 bits per heavy atom. The molecule has 1 unspecified atom stereocenters. The highest BCUT2D eigenvalue weighted by molar-refractivity contribution is 7.89. The molecule has 0 spiro atoms. The second kappa shape index (κ2) is 8.19. The molecule has 1 saturated heterocycles. The molecule has 1 N–H and O–H groups in total. The molecule has 0 saturated carbocycles. The van der Waals surface area contributed by atoms with E-state index in [0.717, 1.165) is 23.3 Å². The maximum absolute atomic E-state index is 13.1. The van der Waals surface area contributed by atoms with Crippen molar-refractivity contribution in [3.8, 4) is 0 Å². The van der Waals surface area contributed by atoms with Crippen molar-refractivity contribution in [1.82, 2.24) is 4.31 Å². The van der Waals surface area contributed by atoms with E-state index in [0.29, 0.717) is 30.1 Å². The Hall–Kier alpha value is -1.96. The van der Waals surface area contributed by atoms with Gasteiger partial charge < -0.3 is 5.32 Å². The van der Waals surface area contributed by atoms with Crippen LogP contribution in [0.2, 0.25) is 5.02 Å². The summed E-state index contributed by atoms with van der Waals surface area (Å²) in [5.74, 6) is -1.24. The van der Waals surface area contributed by atoms with E-state index in [1.807, 2.05) is 19.9 Å². The van der Waals surface area contributed by atoms with Gasteiger partial charge >= 0.3 is 0 Å². The van der Waals surface area contributed by atoms with Gasteiger partial charge in [-0.25, -0.2) is 12.8 Å². The van der Waals surface area contributed by atoms with Crippen LogP contribution in [0.5, 0.6) is 0 Å². The number of aryl methyl sites for hydroxylation is 2. The van der Waals surface area contributed by atoms with Gasteiger partial charge in [-0.2, -0.15) is 4.31 Å². The number of benzene rings is 2. The Kier molecular flexibility index (Phi) is 6.07. The maximum Gasteiger partial charge on any atom is 0.243 e. The third kappa shape index (κ3) is 4.37. The lowest BCUT2D eigenvalue weighted by Crippen LogP contribution is -2.43. The average molecular weight is 425 g/mol. The fourth-order valence-electron chi connectivity index (χ4n) is 3.43. The number of hydrogen-bond acceptors (Lipinski definition) is 3. The summed E-state index contributed by atoms with van der Waals surface area (Å²) in [5.41, 5.74) is 2.40. The lowest BCUT2D eigenvalue weighted by molar-refractivity contribution is -0.120. The molecule has 1 fully saturated rings. The molecule has 0 radical (unpaired) electrons. The highest BCUT2D eigenvalue weighted by Crippen LogP contribution is 2.30. The van der Waals surface area contributed by atoms with Crippen molar-refractivity contribution < 1.29 is 17.6 Å². The summed E-state index contributed by atoms with van der Waals surface area (Å²) in [4.78, 5) is 12.8. The number of rotatable bonds is 4. The van der Waals surface area contributed by atoms with Crippen LogP contribution in [0.25, 0.3) is 0 Å². The van der Waals surface area contributed by atoms with Crippen molar-refractivity contribution in [2.24, 2.45) is 5.92 Å². The molecule has 150 valence electrons. The average Bonchev–Trinajstić information content (AvgIpc) is 2.65. The molecule has 1 aliphatic heterocycles. The monoisotopic (exact) mass is 424 g/mol. The molecule has 0 aliphatic carbocycles. The van der Waals surface area contributed by atoms with Crippen molar-refractivity contribution in [3.05, 3.63) is 58.4 Å². The number of piperidine rings is 1. The van der Waals surface area contributed by atoms with Gasteiger partial charge in [-0.15, -0.1) is 0 Å². The number of carbonyl (C=O) groups excluding carboxylic acids is 1. The summed E-state index contributed by atoms with van der Waals surface area (Å²) in [6, 6.07) is 8.41. The number of hydrogen-bond donors (Lipinski definition) is 1. The van der Waals surface area contributed by atoms with Gasteiger partial charge in [-0.1, -0.05) is 17.7 Å². The summed E-state index contributed by atoms with van der Waals surface area (Å²) in [6.07, 6.45) is 1.16. The second-order valence-corrected chi connectivity index (χ2v) is 9.43. The smallest absolute Gasteiger partial charge is 0.243 e. The molecule has 1 atom stereocenters. The van der Waals surface area contributed by atoms with Gasteiger partial charge in [0.05, 0.1) is 21.5 Å². The van der Waals surface area contributed by atoms with Crippen molar-refractivity contribution in [2.75, 3.05) is 18.4 Å². The molecule has 28 heavy (non-hydrogen) atoms. The van der Waals surface area contributed by atoms with Crippen molar-refractivity contribution in [3.63, 3.8) is 0 Å². The Balaban J connectivity index is 1.76. The molecule has 0 aromatic heterocycles. The topological polar surface area (TPSA) is 66.5 Å². The highest BCUT2D eigenvalue weighted by atomic mass is 35.5. The molecule has 5 nitrogen and oxygen atoms in total. The number of sulfonamides is 1. The van der Waals surface area contributed by atoms with Crippen LogP contribution in [-0.2, 0) is 14.8 Å². The van der Waals surface area contributed by atoms with E-state index >= 15 is 0 Å². The van der Waals surface area contributed by atoms with Crippen molar-refractivity contribution >= 4 is 33.2 Å². The van der Waals surface area contributed by atoms with Crippen LogP contribution in [0.1, 0.15) is 24.0 Å². The largest absolute Gasteiger partial charge is 0.324 e. The first kappa shape index (κ1) is 20.8. The summed E-state index contributed by atoms with van der Waals surface area (Å²) in [6.45, 7) is 4.19. The first-order valence-corrected chi connectivity index (χ1v) is 10.8. The fourth-order valence-corrected chi connectivity index (χ4v) is 5.32. The van der Waals surface area contributed by atoms with Crippen LogP contribution in [0.3, 0.4) is 0 Å². The minimum atomic E-state index is -3.78. The van der Waals surface area contributed by atoms with Gasteiger partial charge in [0.1, 0.15) is 5.82 Å². The van der Waals surface area contributed by atoms with E-state index < -0.39 is 21.8 Å². The molecule has 1 amide bonds. The zero-order valence-electron chi connectivity index (χ0n) is 15.7. The minimum Gasteiger partial charge on any atom is -0.324 e. The van der Waals surface area contributed by atoms with E-state index in [4.69, 9.17) is 11.6 Å². The number of halogens is 2. The molecule has 8 heteroatoms. The SMILES string of the molecule is Cc1cc(C)c(NC(=O)C2CCCN(S(=O)(=O)c3ccc(F)cc3)C2)c(Cl)c1. The Morgan fingerprint density at radius 2 is 1.89 bits per heavy atom. The second-order valence-electron chi connectivity index (χ2n) is 7.08.